The van der Waals surface area contributed by atoms with Gasteiger partial charge in [-0.25, -0.2) is 15.1 Å². The van der Waals surface area contributed by atoms with Crippen LogP contribution in [0, 0.1) is 10.1 Å². The lowest BCUT2D eigenvalue weighted by atomic mass is 10.1. The normalized spacial score (nSPS) is 17.9. The zero-order chi connectivity index (χ0) is 22.8. The third-order valence-electron chi connectivity index (χ3n) is 4.55. The number of hydrazine groups is 1. The van der Waals surface area contributed by atoms with Crippen molar-refractivity contribution in [2.24, 2.45) is 10.7 Å². The zero-order valence-corrected chi connectivity index (χ0v) is 19.4. The molecule has 0 unspecified atom stereocenters. The average Bonchev–Trinajstić information content (AvgIpc) is 3.15. The highest BCUT2D eigenvalue weighted by molar-refractivity contribution is 6.35. The minimum absolute atomic E-state index is 0. The number of nitrogens with two attached hydrogens (primary N) is 1. The lowest BCUT2D eigenvalue weighted by Gasteiger charge is -2.13. The fourth-order valence-corrected chi connectivity index (χ4v) is 3.40. The van der Waals surface area contributed by atoms with Gasteiger partial charge >= 0.3 is 0 Å². The first kappa shape index (κ1) is 27.7. The highest BCUT2D eigenvalue weighted by Gasteiger charge is 2.30. The molecule has 2 amide bonds. The van der Waals surface area contributed by atoms with E-state index in [2.05, 4.69) is 20.9 Å². The van der Waals surface area contributed by atoms with Gasteiger partial charge in [-0.1, -0.05) is 35.0 Å². The van der Waals surface area contributed by atoms with E-state index >= 15 is 0 Å². The number of carbonyl (C=O) groups excluding carboxylic acids is 2. The van der Waals surface area contributed by atoms with E-state index in [1.807, 2.05) is 0 Å². The smallest absolute Gasteiger partial charge is 0.251 e. The Hall–Kier alpha value is -2.34. The number of aliphatic imine (C=N–C) groups is 1. The summed E-state index contributed by atoms with van der Waals surface area (Å²) >= 11 is 12.0. The van der Waals surface area contributed by atoms with Crippen molar-refractivity contribution in [3.8, 4) is 0 Å². The van der Waals surface area contributed by atoms with Crippen LogP contribution in [0.5, 0.6) is 0 Å². The number of nitrogens with zero attached hydrogens (tertiary/aromatic N) is 2. The Bertz CT molecular complexity index is 841. The summed E-state index contributed by atoms with van der Waals surface area (Å²) in [6.07, 6.45) is 2.86. The summed E-state index contributed by atoms with van der Waals surface area (Å²) in [5.41, 5.74) is 7.50. The molecule has 1 heterocycles. The van der Waals surface area contributed by atoms with Crippen molar-refractivity contribution in [3.63, 3.8) is 0 Å². The SMILES string of the molecule is Cl.NC(=NCCCCCC(=O)N[C@@H]1CN[C@H](C(=O)Nc2cc(Cl)ccc2Cl)C1)N[N+](=O)[O-]. The van der Waals surface area contributed by atoms with E-state index in [-0.39, 0.29) is 36.2 Å². The molecule has 0 radical (unpaired) electrons. The van der Waals surface area contributed by atoms with Gasteiger partial charge in [-0.2, -0.15) is 0 Å². The Morgan fingerprint density at radius 1 is 1.28 bits per heavy atom. The van der Waals surface area contributed by atoms with Gasteiger partial charge in [0.2, 0.25) is 11.8 Å². The summed E-state index contributed by atoms with van der Waals surface area (Å²) in [4.78, 5) is 38.5. The predicted molar refractivity (Wildman–Crippen MR) is 126 cm³/mol. The Kier molecular flexibility index (Phi) is 12.1. The fraction of sp³-hybridized carbons (Fsp3) is 0.500. The van der Waals surface area contributed by atoms with Crippen LogP contribution < -0.4 is 27.1 Å². The molecule has 1 aliphatic rings. The number of carbonyl (C=O) groups is 2. The van der Waals surface area contributed by atoms with E-state index in [1.165, 1.54) is 0 Å². The first-order valence-electron chi connectivity index (χ1n) is 9.74. The number of hydrogen-bond donors (Lipinski definition) is 5. The van der Waals surface area contributed by atoms with Crippen molar-refractivity contribution in [2.75, 3.05) is 18.4 Å². The lowest BCUT2D eigenvalue weighted by Crippen LogP contribution is -2.36. The van der Waals surface area contributed by atoms with Crippen molar-refractivity contribution in [3.05, 3.63) is 38.4 Å². The largest absolute Gasteiger partial charge is 0.365 e. The number of benzene rings is 1. The van der Waals surface area contributed by atoms with Crippen LogP contribution in [-0.4, -0.2) is 48.0 Å². The van der Waals surface area contributed by atoms with Crippen molar-refractivity contribution < 1.29 is 14.6 Å². The van der Waals surface area contributed by atoms with Gasteiger partial charge in [0.1, 0.15) is 0 Å². The number of amides is 2. The van der Waals surface area contributed by atoms with E-state index in [0.717, 1.165) is 6.42 Å². The molecule has 0 bridgehead atoms. The van der Waals surface area contributed by atoms with Crippen LogP contribution in [-0.2, 0) is 9.59 Å². The average molecular weight is 511 g/mol. The van der Waals surface area contributed by atoms with Crippen molar-refractivity contribution in [2.45, 2.75) is 44.2 Å². The summed E-state index contributed by atoms with van der Waals surface area (Å²) in [5.74, 6) is -0.580. The molecule has 6 N–H and O–H groups in total. The van der Waals surface area contributed by atoms with Crippen molar-refractivity contribution in [1.29, 1.82) is 0 Å². The molecule has 1 aromatic carbocycles. The molecule has 1 saturated heterocycles. The van der Waals surface area contributed by atoms with Gasteiger partial charge in [0.15, 0.2) is 5.03 Å². The maximum absolute atomic E-state index is 12.4. The Morgan fingerprint density at radius 3 is 2.75 bits per heavy atom. The first-order chi connectivity index (χ1) is 14.7. The van der Waals surface area contributed by atoms with Gasteiger partial charge in [-0.3, -0.25) is 9.59 Å². The van der Waals surface area contributed by atoms with Crippen LogP contribution in [0.3, 0.4) is 0 Å². The van der Waals surface area contributed by atoms with Gasteiger partial charge in [0.05, 0.1) is 16.8 Å². The molecule has 178 valence electrons. The predicted octanol–water partition coefficient (Wildman–Crippen LogP) is 1.86. The number of hydrogen-bond acceptors (Lipinski definition) is 6. The van der Waals surface area contributed by atoms with Crippen LogP contribution in [0.15, 0.2) is 23.2 Å². The fourth-order valence-electron chi connectivity index (χ4n) is 3.06. The minimum atomic E-state index is -0.776. The summed E-state index contributed by atoms with van der Waals surface area (Å²) in [5, 5.41) is 19.0. The van der Waals surface area contributed by atoms with Crippen LogP contribution >= 0.6 is 35.6 Å². The van der Waals surface area contributed by atoms with Gasteiger partial charge in [-0.15, -0.1) is 12.4 Å². The molecule has 0 aromatic heterocycles. The molecule has 14 heteroatoms. The minimum Gasteiger partial charge on any atom is -0.365 e. The second kappa shape index (κ2) is 13.9. The molecule has 1 aromatic rings. The molecule has 2 atom stereocenters. The standard InChI is InChI=1S/C18H25Cl2N7O4.ClH/c19-11-5-6-13(20)14(8-11)25-17(29)15-9-12(10-23-15)24-16(28)4-2-1-3-7-22-18(21)26-27(30)31;/h5-6,8,12,15,23H,1-4,7,9-10H2,(H,24,28)(H,25,29)(H3,21,22,26);1H/t12-,15-;/m0./s1. The molecule has 1 fully saturated rings. The highest BCUT2D eigenvalue weighted by Crippen LogP contribution is 2.26. The van der Waals surface area contributed by atoms with Gasteiger partial charge in [0, 0.05) is 30.6 Å². The number of anilines is 1. The van der Waals surface area contributed by atoms with Crippen LogP contribution in [0.25, 0.3) is 0 Å². The molecular weight excluding hydrogens is 485 g/mol. The summed E-state index contributed by atoms with van der Waals surface area (Å²) in [6.45, 7) is 0.832. The first-order valence-corrected chi connectivity index (χ1v) is 10.5. The molecule has 0 saturated carbocycles. The van der Waals surface area contributed by atoms with E-state index in [0.29, 0.717) is 54.5 Å². The quantitative estimate of drug-likeness (QED) is 0.105. The Morgan fingerprint density at radius 2 is 2.03 bits per heavy atom. The number of unbranched alkanes of at least 4 members (excludes halogenated alkanes) is 2. The van der Waals surface area contributed by atoms with Crippen LogP contribution in [0.2, 0.25) is 10.0 Å². The van der Waals surface area contributed by atoms with E-state index < -0.39 is 11.1 Å². The van der Waals surface area contributed by atoms with Crippen molar-refractivity contribution in [1.82, 2.24) is 16.1 Å². The molecule has 2 rings (SSSR count). The topological polar surface area (TPSA) is 164 Å². The Labute approximate surface area is 201 Å². The number of rotatable bonds is 10. The molecule has 0 spiro atoms. The van der Waals surface area contributed by atoms with Gasteiger partial charge in [-0.05, 0) is 37.5 Å². The monoisotopic (exact) mass is 509 g/mol. The third-order valence-corrected chi connectivity index (χ3v) is 5.11. The molecule has 0 aliphatic carbocycles. The zero-order valence-electron chi connectivity index (χ0n) is 17.1. The number of nitro groups is 1. The van der Waals surface area contributed by atoms with Gasteiger partial charge in [0.25, 0.3) is 5.96 Å². The van der Waals surface area contributed by atoms with Crippen molar-refractivity contribution >= 4 is 59.1 Å². The summed E-state index contributed by atoms with van der Waals surface area (Å²) < 4.78 is 0. The summed E-state index contributed by atoms with van der Waals surface area (Å²) in [6, 6.07) is 4.23. The summed E-state index contributed by atoms with van der Waals surface area (Å²) in [7, 11) is 0. The van der Waals surface area contributed by atoms with E-state index in [4.69, 9.17) is 28.9 Å². The number of guanidine groups is 1. The van der Waals surface area contributed by atoms with Crippen LogP contribution in [0.1, 0.15) is 32.1 Å². The molecule has 11 nitrogen and oxygen atoms in total. The number of nitrogens with one attached hydrogen (secondary N) is 4. The Balaban J connectivity index is 0.00000512. The van der Waals surface area contributed by atoms with Gasteiger partial charge < -0.3 is 21.7 Å². The third kappa shape index (κ3) is 9.86. The molecule has 32 heavy (non-hydrogen) atoms. The van der Waals surface area contributed by atoms with Crippen LogP contribution in [0.4, 0.5) is 5.69 Å². The second-order valence-electron chi connectivity index (χ2n) is 7.02. The highest BCUT2D eigenvalue weighted by atomic mass is 35.5. The molecule has 1 aliphatic heterocycles. The van der Waals surface area contributed by atoms with E-state index in [1.54, 1.807) is 23.6 Å². The van der Waals surface area contributed by atoms with E-state index in [9.17, 15) is 19.7 Å². The number of halogens is 3. The lowest BCUT2D eigenvalue weighted by molar-refractivity contribution is -0.525. The maximum Gasteiger partial charge on any atom is 0.251 e. The maximum atomic E-state index is 12.4. The second-order valence-corrected chi connectivity index (χ2v) is 7.86. The molecular formula is C18H26Cl3N7O4.